The number of primary amides is 1. The highest BCUT2D eigenvalue weighted by Crippen LogP contribution is 2.63. The lowest BCUT2D eigenvalue weighted by molar-refractivity contribution is -0.176. The summed E-state index contributed by atoms with van der Waals surface area (Å²) < 4.78 is 0. The van der Waals surface area contributed by atoms with E-state index in [1.54, 1.807) is 27.1 Å². The van der Waals surface area contributed by atoms with Crippen LogP contribution in [-0.4, -0.2) is 68.5 Å². The Morgan fingerprint density at radius 1 is 1.18 bits per heavy atom. The van der Waals surface area contributed by atoms with Crippen LogP contribution in [0, 0.1) is 10.8 Å². The van der Waals surface area contributed by atoms with Gasteiger partial charge in [0.2, 0.25) is 5.78 Å². The number of fused-ring (bicyclic) bond motifs is 3. The first-order chi connectivity index (χ1) is 15.7. The number of rotatable bonds is 3. The van der Waals surface area contributed by atoms with E-state index in [1.165, 1.54) is 17.9 Å². The molecule has 34 heavy (non-hydrogen) atoms. The number of phenolic OH excluding ortho intramolecular Hbond substituents is 1. The number of aliphatic hydroxyl groups is 3. The largest absolute Gasteiger partial charge is 0.508 e. The minimum absolute atomic E-state index is 0.0184. The number of hydrogen-bond donors (Lipinski definition) is 5. The number of amides is 1. The molecule has 6 N–H and O–H groups in total. The van der Waals surface area contributed by atoms with Crippen molar-refractivity contribution in [3.05, 3.63) is 45.7 Å². The van der Waals surface area contributed by atoms with Crippen LogP contribution in [0.2, 0.25) is 0 Å². The third-order valence-electron chi connectivity index (χ3n) is 7.99. The van der Waals surface area contributed by atoms with Crippen LogP contribution < -0.4 is 5.73 Å². The van der Waals surface area contributed by atoms with E-state index in [2.05, 4.69) is 0 Å². The summed E-state index contributed by atoms with van der Waals surface area (Å²) in [6.45, 7) is 5.22. The van der Waals surface area contributed by atoms with Gasteiger partial charge in [0.1, 0.15) is 22.8 Å². The zero-order valence-corrected chi connectivity index (χ0v) is 19.9. The van der Waals surface area contributed by atoms with Crippen molar-refractivity contribution >= 4 is 23.2 Å². The Labute approximate surface area is 197 Å². The highest BCUT2D eigenvalue weighted by molar-refractivity contribution is 6.25. The van der Waals surface area contributed by atoms with E-state index >= 15 is 0 Å². The van der Waals surface area contributed by atoms with Gasteiger partial charge in [0, 0.05) is 16.4 Å². The molecule has 0 bridgehead atoms. The van der Waals surface area contributed by atoms with E-state index < -0.39 is 57.0 Å². The summed E-state index contributed by atoms with van der Waals surface area (Å²) >= 11 is 0. The van der Waals surface area contributed by atoms with Crippen molar-refractivity contribution in [1.82, 2.24) is 4.90 Å². The van der Waals surface area contributed by atoms with Crippen LogP contribution in [0.1, 0.15) is 43.9 Å². The van der Waals surface area contributed by atoms with Gasteiger partial charge < -0.3 is 26.2 Å². The molecule has 3 aliphatic rings. The zero-order chi connectivity index (χ0) is 25.5. The summed E-state index contributed by atoms with van der Waals surface area (Å²) in [6, 6.07) is 2.04. The highest BCUT2D eigenvalue weighted by Gasteiger charge is 2.72. The summed E-state index contributed by atoms with van der Waals surface area (Å²) in [6.07, 6.45) is 0.906. The maximum Gasteiger partial charge on any atom is 0.255 e. The van der Waals surface area contributed by atoms with Gasteiger partial charge in [-0.3, -0.25) is 19.3 Å². The molecule has 9 heteroatoms. The normalized spacial score (nSPS) is 33.1. The van der Waals surface area contributed by atoms with Crippen LogP contribution >= 0.6 is 0 Å². The topological polar surface area (TPSA) is 161 Å². The minimum atomic E-state index is -2.70. The number of phenols is 1. The van der Waals surface area contributed by atoms with E-state index in [1.807, 2.05) is 6.92 Å². The first-order valence-corrected chi connectivity index (χ1v) is 11.2. The number of aromatic hydroxyl groups is 1. The maximum absolute atomic E-state index is 14.0. The summed E-state index contributed by atoms with van der Waals surface area (Å²) in [5, 5.41) is 44.7. The van der Waals surface area contributed by atoms with Crippen LogP contribution in [0.4, 0.5) is 0 Å². The molecule has 0 spiro atoms. The van der Waals surface area contributed by atoms with Crippen molar-refractivity contribution in [2.75, 3.05) is 14.1 Å². The Hall–Kier alpha value is -3.17. The third-order valence-corrected chi connectivity index (χ3v) is 7.99. The second-order valence-electron chi connectivity index (χ2n) is 10.4. The molecule has 0 aromatic heterocycles. The molecule has 182 valence electrons. The number of nitrogens with zero attached hydrogens (tertiary/aromatic N) is 1. The van der Waals surface area contributed by atoms with Crippen molar-refractivity contribution < 1.29 is 34.8 Å². The number of likely N-dealkylation sites (N-methyl/N-ethyl adjacent to an activating group) is 1. The van der Waals surface area contributed by atoms with Crippen LogP contribution in [0.15, 0.2) is 29.0 Å². The first-order valence-electron chi connectivity index (χ1n) is 11.2. The predicted molar refractivity (Wildman–Crippen MR) is 123 cm³/mol. The molecule has 0 saturated heterocycles. The lowest BCUT2D eigenvalue weighted by Crippen LogP contribution is -2.72. The van der Waals surface area contributed by atoms with Crippen LogP contribution in [0.5, 0.6) is 5.75 Å². The minimum Gasteiger partial charge on any atom is -0.508 e. The fraction of sp³-hybridized carbons (Fsp3) is 0.480. The SMILES string of the molecule is CCc1ccc(O)c2c1C[C@@]1(C)C[C@@]3(C)[C@H](N(C)C)C(=O)C(C(N)=O)=C(O)[C@@]3(O)C(=O)C1=C2O. The van der Waals surface area contributed by atoms with E-state index in [4.69, 9.17) is 5.73 Å². The van der Waals surface area contributed by atoms with Crippen molar-refractivity contribution in [3.8, 4) is 5.75 Å². The quantitative estimate of drug-likeness (QED) is 0.413. The van der Waals surface area contributed by atoms with Crippen LogP contribution in [0.3, 0.4) is 0 Å². The van der Waals surface area contributed by atoms with E-state index in [0.29, 0.717) is 12.0 Å². The maximum atomic E-state index is 14.0. The molecule has 0 radical (unpaired) electrons. The molecule has 1 fully saturated rings. The van der Waals surface area contributed by atoms with Gasteiger partial charge in [0.15, 0.2) is 11.4 Å². The highest BCUT2D eigenvalue weighted by atomic mass is 16.3. The summed E-state index contributed by atoms with van der Waals surface area (Å²) in [5.74, 6) is -4.86. The molecular weight excluding hydrogens is 440 g/mol. The lowest BCUT2D eigenvalue weighted by atomic mass is 9.46. The number of benzene rings is 1. The third kappa shape index (κ3) is 2.65. The molecule has 0 heterocycles. The summed E-state index contributed by atoms with van der Waals surface area (Å²) in [5.41, 5.74) is 0.772. The van der Waals surface area contributed by atoms with E-state index in [9.17, 15) is 34.8 Å². The number of aliphatic hydroxyl groups excluding tert-OH is 2. The average molecular weight is 471 g/mol. The molecular formula is C25H30N2O7. The number of nitrogens with two attached hydrogens (primary N) is 1. The Morgan fingerprint density at radius 3 is 2.32 bits per heavy atom. The monoisotopic (exact) mass is 470 g/mol. The fourth-order valence-corrected chi connectivity index (χ4v) is 6.72. The Balaban J connectivity index is 2.10. The second kappa shape index (κ2) is 7.16. The number of carbonyl (C=O) groups excluding carboxylic acids is 3. The number of hydrogen-bond acceptors (Lipinski definition) is 8. The molecule has 9 nitrogen and oxygen atoms in total. The molecule has 1 aromatic rings. The number of carbonyl (C=O) groups is 3. The fourth-order valence-electron chi connectivity index (χ4n) is 6.72. The van der Waals surface area contributed by atoms with Gasteiger partial charge >= 0.3 is 0 Å². The van der Waals surface area contributed by atoms with Crippen molar-refractivity contribution in [2.45, 2.75) is 51.7 Å². The smallest absolute Gasteiger partial charge is 0.255 e. The predicted octanol–water partition coefficient (Wildman–Crippen LogP) is 1.31. The number of aryl methyl sites for hydroxylation is 1. The summed E-state index contributed by atoms with van der Waals surface area (Å²) in [7, 11) is 3.16. The molecule has 1 aromatic carbocycles. The molecule has 4 rings (SSSR count). The van der Waals surface area contributed by atoms with Gasteiger partial charge in [-0.1, -0.05) is 26.8 Å². The molecule has 1 amide bonds. The Kier molecular flexibility index (Phi) is 5.05. The van der Waals surface area contributed by atoms with Gasteiger partial charge in [0.05, 0.1) is 11.6 Å². The first kappa shape index (κ1) is 24.0. The van der Waals surface area contributed by atoms with Crippen molar-refractivity contribution in [3.63, 3.8) is 0 Å². The molecule has 3 aliphatic carbocycles. The van der Waals surface area contributed by atoms with Crippen molar-refractivity contribution in [1.29, 1.82) is 0 Å². The zero-order valence-electron chi connectivity index (χ0n) is 19.9. The lowest BCUT2D eigenvalue weighted by Gasteiger charge is -2.59. The van der Waals surface area contributed by atoms with Crippen LogP contribution in [0.25, 0.3) is 5.76 Å². The van der Waals surface area contributed by atoms with Gasteiger partial charge in [-0.2, -0.15) is 0 Å². The molecule has 0 aliphatic heterocycles. The molecule has 0 unspecified atom stereocenters. The van der Waals surface area contributed by atoms with E-state index in [-0.39, 0.29) is 29.7 Å². The second-order valence-corrected chi connectivity index (χ2v) is 10.4. The average Bonchev–Trinajstić information content (AvgIpc) is 2.70. The standard InChI is InChI=1S/C25H30N2O7/c1-6-11-7-8-13(28)14-12(11)9-23(2)10-24(3)19(27(4)5)18(30)15(22(26)33)20(31)25(24,34)21(32)16(23)17(14)29/h7-8,19,28-29,31,34H,6,9-10H2,1-5H3,(H2,26,33)/t19-,23+,24+,25-/m1/s1. The van der Waals surface area contributed by atoms with E-state index in [0.717, 1.165) is 5.56 Å². The number of Topliss-reactive ketones (excluding diaryl/α,β-unsaturated/α-hetero) is 2. The Bertz CT molecular complexity index is 1230. The molecule has 4 atom stereocenters. The van der Waals surface area contributed by atoms with Gasteiger partial charge in [-0.15, -0.1) is 0 Å². The van der Waals surface area contributed by atoms with Crippen LogP contribution in [-0.2, 0) is 27.2 Å². The Morgan fingerprint density at radius 2 is 1.79 bits per heavy atom. The van der Waals surface area contributed by atoms with Gasteiger partial charge in [-0.05, 0) is 50.6 Å². The van der Waals surface area contributed by atoms with Gasteiger partial charge in [0.25, 0.3) is 5.91 Å². The number of ketones is 2. The van der Waals surface area contributed by atoms with Crippen molar-refractivity contribution in [2.24, 2.45) is 16.6 Å². The summed E-state index contributed by atoms with van der Waals surface area (Å²) in [4.78, 5) is 41.0. The van der Waals surface area contributed by atoms with Gasteiger partial charge in [-0.25, -0.2) is 0 Å². The molecule has 1 saturated carbocycles.